The fraction of sp³-hybridized carbons (Fsp3) is 0.0857. The van der Waals surface area contributed by atoms with Crippen molar-refractivity contribution in [1.82, 2.24) is 4.98 Å². The summed E-state index contributed by atoms with van der Waals surface area (Å²) in [5.41, 5.74) is 6.55. The van der Waals surface area contributed by atoms with Crippen LogP contribution < -0.4 is 34.3 Å². The summed E-state index contributed by atoms with van der Waals surface area (Å²) in [6, 6.07) is 40.4. The molecule has 4 nitrogen and oxygen atoms in total. The van der Waals surface area contributed by atoms with Gasteiger partial charge in [0.25, 0.3) is 0 Å². The Labute approximate surface area is 267 Å². The van der Waals surface area contributed by atoms with Crippen molar-refractivity contribution in [2.75, 3.05) is 0 Å². The Balaban J connectivity index is 0.00000202. The van der Waals surface area contributed by atoms with Crippen molar-refractivity contribution in [3.63, 3.8) is 0 Å². The van der Waals surface area contributed by atoms with Gasteiger partial charge in [0.05, 0.1) is 0 Å². The van der Waals surface area contributed by atoms with Gasteiger partial charge >= 0.3 is 35.5 Å². The number of thiophene rings is 1. The van der Waals surface area contributed by atoms with E-state index in [2.05, 4.69) is 59.6 Å². The van der Waals surface area contributed by atoms with Gasteiger partial charge in [0.2, 0.25) is 0 Å². The second kappa shape index (κ2) is 13.3. The molecule has 0 aliphatic rings. The molecule has 4 aromatic carbocycles. The Morgan fingerprint density at radius 3 is 2.10 bits per heavy atom. The molecule has 6 aromatic rings. The molecule has 41 heavy (non-hydrogen) atoms. The van der Waals surface area contributed by atoms with Crippen LogP contribution in [-0.4, -0.2) is 22.2 Å². The number of hydrogen-bond acceptors (Lipinski definition) is 4. The van der Waals surface area contributed by atoms with Crippen LogP contribution >= 0.6 is 11.3 Å². The summed E-state index contributed by atoms with van der Waals surface area (Å²) >= 11 is 1.83. The summed E-state index contributed by atoms with van der Waals surface area (Å²) in [6.45, 7) is 0. The number of hydrogen-bond donors (Lipinski definition) is 1. The smallest absolute Gasteiger partial charge is 1.00 e. The minimum atomic E-state index is -0.980. The summed E-state index contributed by atoms with van der Waals surface area (Å²) in [4.78, 5) is 17.7. The number of aromatic nitrogens is 1. The van der Waals surface area contributed by atoms with Crippen LogP contribution in [0.25, 0.3) is 32.3 Å². The van der Waals surface area contributed by atoms with Gasteiger partial charge in [-0.25, -0.2) is 4.79 Å². The van der Waals surface area contributed by atoms with Crippen molar-refractivity contribution in [2.45, 2.75) is 18.9 Å². The molecule has 1 N–H and O–H groups in total. The van der Waals surface area contributed by atoms with E-state index in [0.717, 1.165) is 28.8 Å². The number of aliphatic carboxylic acids is 1. The molecule has 2 heterocycles. The fourth-order valence-corrected chi connectivity index (χ4v) is 6.17. The third-order valence-electron chi connectivity index (χ3n) is 6.92. The van der Waals surface area contributed by atoms with Gasteiger partial charge in [-0.05, 0) is 52.6 Å². The molecular weight excluding hydrogens is 537 g/mol. The second-order valence-corrected chi connectivity index (χ2v) is 10.8. The third-order valence-corrected chi connectivity index (χ3v) is 8.09. The Morgan fingerprint density at radius 2 is 1.41 bits per heavy atom. The van der Waals surface area contributed by atoms with Crippen LogP contribution in [0.4, 0.5) is 0 Å². The zero-order valence-electron chi connectivity index (χ0n) is 23.7. The predicted octanol–water partition coefficient (Wildman–Crippen LogP) is 5.41. The molecule has 0 amide bonds. The minimum absolute atomic E-state index is 0. The molecular formula is C35H28NNaO3S. The largest absolute Gasteiger partial charge is 1.00 e. The molecule has 0 radical (unpaired) electrons. The third kappa shape index (κ3) is 6.77. The maximum absolute atomic E-state index is 11.8. The topological polar surface area (TPSA) is 59.4 Å². The zero-order valence-corrected chi connectivity index (χ0v) is 25.6. The van der Waals surface area contributed by atoms with Gasteiger partial charge < -0.3 is 11.3 Å². The fourth-order valence-electron chi connectivity index (χ4n) is 4.93. The maximum Gasteiger partial charge on any atom is 1.00 e. The Kier molecular flexibility index (Phi) is 9.32. The maximum atomic E-state index is 11.8. The van der Waals surface area contributed by atoms with Gasteiger partial charge in [0.1, 0.15) is 5.75 Å². The number of carbonyl (C=O) groups is 1. The molecule has 0 aliphatic carbocycles. The van der Waals surface area contributed by atoms with E-state index >= 15 is 0 Å². The average molecular weight is 566 g/mol. The van der Waals surface area contributed by atoms with E-state index in [-0.39, 0.29) is 31.0 Å². The first-order valence-electron chi connectivity index (χ1n) is 13.2. The van der Waals surface area contributed by atoms with Gasteiger partial charge in [-0.2, -0.15) is 0 Å². The van der Waals surface area contributed by atoms with Crippen LogP contribution in [0.15, 0.2) is 128 Å². The van der Waals surface area contributed by atoms with Crippen molar-refractivity contribution < 1.29 is 45.6 Å². The molecule has 6 heteroatoms. The van der Waals surface area contributed by atoms with Gasteiger partial charge in [-0.1, -0.05) is 91.0 Å². The average Bonchev–Trinajstić information content (AvgIpc) is 3.36. The summed E-state index contributed by atoms with van der Waals surface area (Å²) in [5, 5.41) is 10.9. The van der Waals surface area contributed by atoms with Gasteiger partial charge in [0.15, 0.2) is 6.10 Å². The number of rotatable bonds is 9. The monoisotopic (exact) mass is 565 g/mol. The Morgan fingerprint density at radius 1 is 0.780 bits per heavy atom. The Bertz CT molecular complexity index is 1740. The summed E-state index contributed by atoms with van der Waals surface area (Å²) < 4.78 is 7.11. The first-order chi connectivity index (χ1) is 19.6. The van der Waals surface area contributed by atoms with E-state index in [1.807, 2.05) is 84.3 Å². The molecule has 198 valence electrons. The molecule has 0 saturated heterocycles. The van der Waals surface area contributed by atoms with Crippen molar-refractivity contribution in [3.05, 3.63) is 144 Å². The zero-order chi connectivity index (χ0) is 27.3. The summed E-state index contributed by atoms with van der Waals surface area (Å²) in [7, 11) is 0. The molecule has 0 fully saturated rings. The van der Waals surface area contributed by atoms with E-state index < -0.39 is 12.1 Å². The minimum Gasteiger partial charge on any atom is -1.00 e. The van der Waals surface area contributed by atoms with E-state index in [4.69, 9.17) is 4.74 Å². The normalized spacial score (nSPS) is 11.5. The van der Waals surface area contributed by atoms with Gasteiger partial charge in [0, 0.05) is 45.3 Å². The van der Waals surface area contributed by atoms with Crippen LogP contribution in [0.1, 0.15) is 17.6 Å². The number of carboxylic acids is 1. The molecule has 2 aromatic heterocycles. The Hall–Kier alpha value is -3.74. The molecule has 0 aliphatic heterocycles. The first kappa shape index (κ1) is 28.8. The molecule has 0 unspecified atom stereocenters. The second-order valence-electron chi connectivity index (χ2n) is 9.63. The number of carboxylic acid groups (broad SMARTS) is 1. The van der Waals surface area contributed by atoms with Crippen molar-refractivity contribution in [1.29, 1.82) is 0 Å². The van der Waals surface area contributed by atoms with E-state index in [1.54, 1.807) is 0 Å². The van der Waals surface area contributed by atoms with E-state index in [1.165, 1.54) is 26.1 Å². The van der Waals surface area contributed by atoms with Crippen LogP contribution in [-0.2, 0) is 17.6 Å². The van der Waals surface area contributed by atoms with Gasteiger partial charge in [-0.15, -0.1) is 11.3 Å². The molecule has 0 spiro atoms. The SMILES string of the molecule is O=C(O)[C@@H](Cc1ccccc1)Oc1ccc(-c2ccc(-c3c(Cc4ccccn4)sc4ccccc34)cc2)cc1.[H-].[Na+]. The predicted molar refractivity (Wildman–Crippen MR) is 163 cm³/mol. The molecule has 6 rings (SSSR count). The van der Waals surface area contributed by atoms with Crippen LogP contribution in [0.2, 0.25) is 0 Å². The standard InChI is InChI=1S/C35H27NO3S.Na.H/c37-35(38)31(22-24-8-2-1-3-9-24)39-29-19-17-26(18-20-29)25-13-15-27(16-14-25)34-30-11-4-5-12-32(30)40-33(34)23-28-10-6-7-21-36-28;;/h1-21,31H,22-23H2,(H,37,38);;/q;+1;-1/t31-;;/m1../s1. The van der Waals surface area contributed by atoms with E-state index in [9.17, 15) is 9.90 Å². The van der Waals surface area contributed by atoms with Crippen LogP contribution in [0.3, 0.4) is 0 Å². The molecule has 1 atom stereocenters. The quantitative estimate of drug-likeness (QED) is 0.238. The number of benzene rings is 4. The number of pyridine rings is 1. The van der Waals surface area contributed by atoms with Gasteiger partial charge in [-0.3, -0.25) is 4.98 Å². The number of fused-ring (bicyclic) bond motifs is 1. The van der Waals surface area contributed by atoms with E-state index in [0.29, 0.717) is 12.2 Å². The first-order valence-corrected chi connectivity index (χ1v) is 14.0. The molecule has 0 saturated carbocycles. The van der Waals surface area contributed by atoms with Crippen LogP contribution in [0, 0.1) is 0 Å². The van der Waals surface area contributed by atoms with Crippen LogP contribution in [0.5, 0.6) is 5.75 Å². The van der Waals surface area contributed by atoms with Crippen molar-refractivity contribution >= 4 is 27.4 Å². The number of nitrogens with zero attached hydrogens (tertiary/aromatic N) is 1. The molecule has 0 bridgehead atoms. The number of ether oxygens (including phenoxy) is 1. The summed E-state index contributed by atoms with van der Waals surface area (Å²) in [6.07, 6.45) is 1.99. The summed E-state index contributed by atoms with van der Waals surface area (Å²) in [5.74, 6) is -0.445. The van der Waals surface area contributed by atoms with Crippen molar-refractivity contribution in [2.24, 2.45) is 0 Å². The van der Waals surface area contributed by atoms with Crippen molar-refractivity contribution in [3.8, 4) is 28.0 Å².